The SMILES string of the molecule is CC/C=C(/OC(=NC)C(F)F)c1ccc(CC)c(F)c1. The van der Waals surface area contributed by atoms with Gasteiger partial charge in [0.1, 0.15) is 11.6 Å². The number of aryl methyl sites for hydroxylation is 1. The smallest absolute Gasteiger partial charge is 0.312 e. The van der Waals surface area contributed by atoms with Gasteiger partial charge in [0.25, 0.3) is 5.90 Å². The molecule has 0 saturated carbocycles. The van der Waals surface area contributed by atoms with E-state index in [9.17, 15) is 13.2 Å². The van der Waals surface area contributed by atoms with Gasteiger partial charge in [-0.2, -0.15) is 8.78 Å². The largest absolute Gasteiger partial charge is 0.438 e. The topological polar surface area (TPSA) is 21.6 Å². The Hall–Kier alpha value is -1.78. The van der Waals surface area contributed by atoms with Gasteiger partial charge in [-0.25, -0.2) is 4.39 Å². The predicted molar refractivity (Wildman–Crippen MR) is 74.5 cm³/mol. The maximum absolute atomic E-state index is 13.8. The van der Waals surface area contributed by atoms with Crippen LogP contribution >= 0.6 is 0 Å². The van der Waals surface area contributed by atoms with E-state index in [1.807, 2.05) is 13.8 Å². The lowest BCUT2D eigenvalue weighted by atomic mass is 10.1. The number of nitrogens with zero attached hydrogens (tertiary/aromatic N) is 1. The molecule has 0 radical (unpaired) electrons. The lowest BCUT2D eigenvalue weighted by Crippen LogP contribution is -2.14. The van der Waals surface area contributed by atoms with Crippen molar-refractivity contribution in [3.8, 4) is 0 Å². The zero-order chi connectivity index (χ0) is 15.1. The van der Waals surface area contributed by atoms with E-state index in [2.05, 4.69) is 4.99 Å². The van der Waals surface area contributed by atoms with Crippen molar-refractivity contribution >= 4 is 11.7 Å². The number of alkyl halides is 2. The predicted octanol–water partition coefficient (Wildman–Crippen LogP) is 4.45. The van der Waals surface area contributed by atoms with Gasteiger partial charge in [0.15, 0.2) is 0 Å². The summed E-state index contributed by atoms with van der Waals surface area (Å²) in [7, 11) is 1.23. The van der Waals surface area contributed by atoms with E-state index in [0.29, 0.717) is 24.0 Å². The van der Waals surface area contributed by atoms with Gasteiger partial charge in [-0.1, -0.05) is 26.0 Å². The summed E-state index contributed by atoms with van der Waals surface area (Å²) in [6.07, 6.45) is -0.0425. The van der Waals surface area contributed by atoms with Gasteiger partial charge < -0.3 is 4.74 Å². The van der Waals surface area contributed by atoms with Gasteiger partial charge in [-0.05, 0) is 30.5 Å². The fourth-order valence-corrected chi connectivity index (χ4v) is 1.69. The lowest BCUT2D eigenvalue weighted by molar-refractivity contribution is 0.196. The third-order valence-electron chi connectivity index (χ3n) is 2.73. The van der Waals surface area contributed by atoms with Crippen molar-refractivity contribution in [3.63, 3.8) is 0 Å². The first-order valence-corrected chi connectivity index (χ1v) is 6.45. The first-order chi connectivity index (χ1) is 9.53. The van der Waals surface area contributed by atoms with E-state index in [0.717, 1.165) is 0 Å². The number of ether oxygens (including phenoxy) is 1. The summed E-state index contributed by atoms with van der Waals surface area (Å²) in [5.74, 6) is -0.859. The molecule has 0 spiro atoms. The molecular weight excluding hydrogens is 267 g/mol. The van der Waals surface area contributed by atoms with Crippen LogP contribution in [0, 0.1) is 5.82 Å². The van der Waals surface area contributed by atoms with Crippen molar-refractivity contribution in [2.24, 2.45) is 4.99 Å². The van der Waals surface area contributed by atoms with Gasteiger partial charge in [0.05, 0.1) is 0 Å². The maximum Gasteiger partial charge on any atom is 0.312 e. The number of allylic oxidation sites excluding steroid dienone is 1. The van der Waals surface area contributed by atoms with Crippen LogP contribution in [0.2, 0.25) is 0 Å². The zero-order valence-corrected chi connectivity index (χ0v) is 11.8. The molecule has 0 aliphatic rings. The van der Waals surface area contributed by atoms with Crippen LogP contribution < -0.4 is 0 Å². The summed E-state index contributed by atoms with van der Waals surface area (Å²) in [5.41, 5.74) is 0.992. The van der Waals surface area contributed by atoms with E-state index in [1.54, 1.807) is 18.2 Å². The van der Waals surface area contributed by atoms with E-state index in [-0.39, 0.29) is 11.6 Å². The summed E-state index contributed by atoms with van der Waals surface area (Å²) in [5, 5.41) is 0. The molecule has 0 saturated heterocycles. The molecule has 1 aromatic rings. The van der Waals surface area contributed by atoms with E-state index in [4.69, 9.17) is 4.74 Å². The van der Waals surface area contributed by atoms with Crippen LogP contribution in [-0.2, 0) is 11.2 Å². The highest BCUT2D eigenvalue weighted by Crippen LogP contribution is 2.21. The molecule has 0 aliphatic carbocycles. The van der Waals surface area contributed by atoms with Crippen molar-refractivity contribution in [1.82, 2.24) is 0 Å². The molecule has 0 aliphatic heterocycles. The minimum absolute atomic E-state index is 0.190. The van der Waals surface area contributed by atoms with Gasteiger partial charge in [0, 0.05) is 12.6 Å². The summed E-state index contributed by atoms with van der Waals surface area (Å²) in [6.45, 7) is 3.68. The lowest BCUT2D eigenvalue weighted by Gasteiger charge is -2.12. The van der Waals surface area contributed by atoms with Crippen LogP contribution in [-0.4, -0.2) is 19.4 Å². The molecule has 2 nitrogen and oxygen atoms in total. The first-order valence-electron chi connectivity index (χ1n) is 6.45. The minimum Gasteiger partial charge on any atom is -0.438 e. The Kier molecular flexibility index (Phi) is 6.28. The highest BCUT2D eigenvalue weighted by molar-refractivity contribution is 5.85. The quantitative estimate of drug-likeness (QED) is 0.445. The van der Waals surface area contributed by atoms with Crippen LogP contribution in [0.1, 0.15) is 31.4 Å². The molecule has 20 heavy (non-hydrogen) atoms. The number of hydrogen-bond acceptors (Lipinski definition) is 2. The van der Waals surface area contributed by atoms with Crippen molar-refractivity contribution < 1.29 is 17.9 Å². The fourth-order valence-electron chi connectivity index (χ4n) is 1.69. The highest BCUT2D eigenvalue weighted by atomic mass is 19.3. The Morgan fingerprint density at radius 2 is 2.05 bits per heavy atom. The van der Waals surface area contributed by atoms with Crippen LogP contribution in [0.5, 0.6) is 0 Å². The zero-order valence-electron chi connectivity index (χ0n) is 11.8. The Bertz CT molecular complexity index is 510. The fraction of sp³-hybridized carbons (Fsp3) is 0.400. The molecular formula is C15H18F3NO. The number of benzene rings is 1. The van der Waals surface area contributed by atoms with Gasteiger partial charge in [0.2, 0.25) is 0 Å². The third-order valence-corrected chi connectivity index (χ3v) is 2.73. The average Bonchev–Trinajstić information content (AvgIpc) is 2.42. The number of hydrogen-bond donors (Lipinski definition) is 0. The minimum atomic E-state index is -2.81. The molecule has 0 amide bonds. The number of rotatable bonds is 5. The Morgan fingerprint density at radius 1 is 1.35 bits per heavy atom. The molecule has 1 aromatic carbocycles. The molecule has 0 bridgehead atoms. The molecule has 0 unspecified atom stereocenters. The molecule has 0 heterocycles. The normalized spacial score (nSPS) is 12.9. The highest BCUT2D eigenvalue weighted by Gasteiger charge is 2.17. The van der Waals surface area contributed by atoms with E-state index in [1.165, 1.54) is 13.1 Å². The molecule has 0 N–H and O–H groups in total. The second-order valence-electron chi connectivity index (χ2n) is 4.10. The summed E-state index contributed by atoms with van der Waals surface area (Å²) < 4.78 is 44.2. The Morgan fingerprint density at radius 3 is 2.50 bits per heavy atom. The molecule has 0 fully saturated rings. The Balaban J connectivity index is 3.09. The number of halogens is 3. The van der Waals surface area contributed by atoms with E-state index < -0.39 is 12.3 Å². The van der Waals surface area contributed by atoms with Gasteiger partial charge in [-0.15, -0.1) is 0 Å². The Labute approximate surface area is 117 Å². The average molecular weight is 285 g/mol. The van der Waals surface area contributed by atoms with Gasteiger partial charge in [-0.3, -0.25) is 4.99 Å². The summed E-state index contributed by atoms with van der Waals surface area (Å²) in [4.78, 5) is 3.40. The molecule has 0 aromatic heterocycles. The van der Waals surface area contributed by atoms with Gasteiger partial charge >= 0.3 is 6.43 Å². The molecule has 0 atom stereocenters. The van der Waals surface area contributed by atoms with Crippen LogP contribution in [0.25, 0.3) is 5.76 Å². The molecule has 1 rings (SSSR count). The van der Waals surface area contributed by atoms with Crippen LogP contribution in [0.4, 0.5) is 13.2 Å². The number of aliphatic imine (C=N–C) groups is 1. The van der Waals surface area contributed by atoms with Crippen molar-refractivity contribution in [2.45, 2.75) is 33.1 Å². The standard InChI is InChI=1S/C15H18F3NO/c1-4-6-13(20-15(19-3)14(17)18)11-8-7-10(5-2)12(16)9-11/h6-9,14H,4-5H2,1-3H3/b13-6+,19-15?. The first kappa shape index (κ1) is 16.3. The van der Waals surface area contributed by atoms with Crippen molar-refractivity contribution in [3.05, 3.63) is 41.2 Å². The van der Waals surface area contributed by atoms with E-state index >= 15 is 0 Å². The second kappa shape index (κ2) is 7.72. The van der Waals surface area contributed by atoms with Crippen molar-refractivity contribution in [1.29, 1.82) is 0 Å². The third kappa shape index (κ3) is 4.11. The molecule has 5 heteroatoms. The van der Waals surface area contributed by atoms with Crippen molar-refractivity contribution in [2.75, 3.05) is 7.05 Å². The van der Waals surface area contributed by atoms with Crippen LogP contribution in [0.3, 0.4) is 0 Å². The van der Waals surface area contributed by atoms with Crippen LogP contribution in [0.15, 0.2) is 29.3 Å². The maximum atomic E-state index is 13.8. The second-order valence-corrected chi connectivity index (χ2v) is 4.10. The summed E-state index contributed by atoms with van der Waals surface area (Å²) in [6, 6.07) is 4.57. The summed E-state index contributed by atoms with van der Waals surface area (Å²) >= 11 is 0. The molecule has 110 valence electrons. The monoisotopic (exact) mass is 285 g/mol.